The predicted molar refractivity (Wildman–Crippen MR) is 75.3 cm³/mol. The number of rotatable bonds is 3. The lowest BCUT2D eigenvalue weighted by atomic mass is 10.2. The maximum Gasteiger partial charge on any atom is 0.330 e. The highest BCUT2D eigenvalue weighted by Gasteiger charge is 2.44. The van der Waals surface area contributed by atoms with E-state index in [0.717, 1.165) is 0 Å². The van der Waals surface area contributed by atoms with E-state index in [1.807, 2.05) is 0 Å². The van der Waals surface area contributed by atoms with Crippen molar-refractivity contribution >= 4 is 21.9 Å². The minimum absolute atomic E-state index is 0.119. The molecule has 1 saturated heterocycles. The number of aryl methyl sites for hydroxylation is 1. The van der Waals surface area contributed by atoms with Crippen LogP contribution in [0, 0.1) is 6.92 Å². The van der Waals surface area contributed by atoms with E-state index in [4.69, 9.17) is 9.47 Å². The zero-order valence-corrected chi connectivity index (χ0v) is 13.0. The van der Waals surface area contributed by atoms with Gasteiger partial charge in [0.2, 0.25) is 0 Å². The molecule has 2 heterocycles. The lowest BCUT2D eigenvalue weighted by molar-refractivity contribution is -0.147. The predicted octanol–water partition coefficient (Wildman–Crippen LogP) is -0.570. The number of carbonyl (C=O) groups is 1. The van der Waals surface area contributed by atoms with Gasteiger partial charge in [0.1, 0.15) is 18.8 Å². The maximum atomic E-state index is 11.8. The van der Waals surface area contributed by atoms with Gasteiger partial charge in [-0.05, 0) is 6.92 Å². The Hall–Kier alpha value is -1.45. The van der Waals surface area contributed by atoms with Gasteiger partial charge in [-0.2, -0.15) is 0 Å². The molecule has 1 aromatic rings. The van der Waals surface area contributed by atoms with Crippen LogP contribution in [-0.2, 0) is 14.3 Å². The highest BCUT2D eigenvalue weighted by atomic mass is 79.9. The van der Waals surface area contributed by atoms with Crippen LogP contribution in [0.1, 0.15) is 18.7 Å². The molecule has 2 rings (SSSR count). The number of aliphatic hydroxyl groups excluding tert-OH is 1. The number of nitrogens with one attached hydrogen (secondary N) is 1. The fraction of sp³-hybridized carbons (Fsp3) is 0.583. The minimum atomic E-state index is -0.964. The van der Waals surface area contributed by atoms with Crippen LogP contribution in [0.3, 0.4) is 0 Å². The first-order valence-corrected chi connectivity index (χ1v) is 7.16. The molecule has 21 heavy (non-hydrogen) atoms. The van der Waals surface area contributed by atoms with Crippen molar-refractivity contribution in [1.82, 2.24) is 9.55 Å². The molecular formula is C12H15BrN2O6. The van der Waals surface area contributed by atoms with E-state index in [2.05, 4.69) is 20.9 Å². The number of hydrogen-bond donors (Lipinski definition) is 2. The van der Waals surface area contributed by atoms with Crippen molar-refractivity contribution in [3.63, 3.8) is 0 Å². The van der Waals surface area contributed by atoms with Gasteiger partial charge in [-0.15, -0.1) is 0 Å². The number of nitrogens with zero attached hydrogens (tertiary/aromatic N) is 1. The first-order valence-electron chi connectivity index (χ1n) is 6.24. The summed E-state index contributed by atoms with van der Waals surface area (Å²) in [6, 6.07) is 0. The molecule has 8 nitrogen and oxygen atoms in total. The van der Waals surface area contributed by atoms with Crippen LogP contribution in [-0.4, -0.2) is 44.3 Å². The van der Waals surface area contributed by atoms with Crippen molar-refractivity contribution in [2.24, 2.45) is 0 Å². The summed E-state index contributed by atoms with van der Waals surface area (Å²) in [5, 5.41) is 10.1. The van der Waals surface area contributed by atoms with Crippen molar-refractivity contribution in [3.8, 4) is 0 Å². The number of aromatic amines is 1. The van der Waals surface area contributed by atoms with Crippen molar-refractivity contribution in [2.75, 3.05) is 6.61 Å². The van der Waals surface area contributed by atoms with Crippen LogP contribution in [0.2, 0.25) is 0 Å². The smallest absolute Gasteiger partial charge is 0.330 e. The summed E-state index contributed by atoms with van der Waals surface area (Å²) in [7, 11) is 0. The van der Waals surface area contributed by atoms with Crippen LogP contribution in [0.4, 0.5) is 0 Å². The number of aliphatic hydroxyl groups is 1. The Bertz CT molecular complexity index is 654. The number of alkyl halides is 1. The summed E-state index contributed by atoms with van der Waals surface area (Å²) in [6.45, 7) is 2.69. The molecule has 1 fully saturated rings. The molecular weight excluding hydrogens is 348 g/mol. The third-order valence-electron chi connectivity index (χ3n) is 3.16. The first-order chi connectivity index (χ1) is 9.81. The quantitative estimate of drug-likeness (QED) is 0.550. The Morgan fingerprint density at radius 3 is 2.86 bits per heavy atom. The van der Waals surface area contributed by atoms with Gasteiger partial charge in [0.05, 0.1) is 4.83 Å². The lowest BCUT2D eigenvalue weighted by Gasteiger charge is -2.17. The maximum absolute atomic E-state index is 11.8. The lowest BCUT2D eigenvalue weighted by Crippen LogP contribution is -2.36. The average Bonchev–Trinajstić information content (AvgIpc) is 2.68. The van der Waals surface area contributed by atoms with Gasteiger partial charge in [0.15, 0.2) is 6.23 Å². The molecule has 1 aliphatic rings. The highest BCUT2D eigenvalue weighted by Crippen LogP contribution is 2.33. The van der Waals surface area contributed by atoms with Crippen LogP contribution >= 0.6 is 15.9 Å². The number of carbonyl (C=O) groups excluding carboxylic acids is 1. The number of hydrogen-bond acceptors (Lipinski definition) is 6. The van der Waals surface area contributed by atoms with E-state index >= 15 is 0 Å². The second kappa shape index (κ2) is 6.12. The van der Waals surface area contributed by atoms with E-state index in [0.29, 0.717) is 5.56 Å². The molecule has 0 unspecified atom stereocenters. The Kier molecular flexibility index (Phi) is 4.64. The van der Waals surface area contributed by atoms with Gasteiger partial charge in [0, 0.05) is 18.7 Å². The first kappa shape index (κ1) is 15.9. The highest BCUT2D eigenvalue weighted by molar-refractivity contribution is 9.09. The second-order valence-electron chi connectivity index (χ2n) is 4.78. The van der Waals surface area contributed by atoms with Gasteiger partial charge in [-0.3, -0.25) is 19.1 Å². The molecule has 9 heteroatoms. The van der Waals surface area contributed by atoms with Crippen molar-refractivity contribution in [2.45, 2.75) is 37.1 Å². The number of ether oxygens (including phenoxy) is 2. The largest absolute Gasteiger partial charge is 0.463 e. The van der Waals surface area contributed by atoms with E-state index < -0.39 is 40.5 Å². The molecule has 0 saturated carbocycles. The Balaban J connectivity index is 2.25. The molecule has 1 aliphatic heterocycles. The summed E-state index contributed by atoms with van der Waals surface area (Å²) >= 11 is 3.26. The number of esters is 1. The third kappa shape index (κ3) is 3.25. The van der Waals surface area contributed by atoms with E-state index in [1.54, 1.807) is 6.92 Å². The van der Waals surface area contributed by atoms with Crippen molar-refractivity contribution < 1.29 is 19.4 Å². The van der Waals surface area contributed by atoms with E-state index in [1.165, 1.54) is 17.7 Å². The standard InChI is InChI=1S/C12H15BrN2O6/c1-5-3-15(12(19)14-10(5)18)11-8(13)9(17)7(21-11)4-20-6(2)16/h3,7-9,11,17H,4H2,1-2H3,(H,14,18,19)/t7-,8-,9-,11-/m1/s1. The summed E-state index contributed by atoms with van der Waals surface area (Å²) in [5.41, 5.74) is -0.770. The Labute approximate surface area is 127 Å². The van der Waals surface area contributed by atoms with E-state index in [9.17, 15) is 19.5 Å². The van der Waals surface area contributed by atoms with Gasteiger partial charge >= 0.3 is 11.7 Å². The van der Waals surface area contributed by atoms with Gasteiger partial charge < -0.3 is 14.6 Å². The molecule has 0 bridgehead atoms. The van der Waals surface area contributed by atoms with Crippen LogP contribution in [0.15, 0.2) is 15.8 Å². The van der Waals surface area contributed by atoms with Gasteiger partial charge in [0.25, 0.3) is 5.56 Å². The molecule has 0 amide bonds. The van der Waals surface area contributed by atoms with Gasteiger partial charge in [-0.25, -0.2) is 4.79 Å². The zero-order chi connectivity index (χ0) is 15.7. The summed E-state index contributed by atoms with van der Waals surface area (Å²) in [6.07, 6.45) is -1.18. The molecule has 0 spiro atoms. The fourth-order valence-electron chi connectivity index (χ4n) is 2.04. The van der Waals surface area contributed by atoms with E-state index in [-0.39, 0.29) is 6.61 Å². The van der Waals surface area contributed by atoms with Crippen LogP contribution in [0.5, 0.6) is 0 Å². The molecule has 2 N–H and O–H groups in total. The number of halogens is 1. The normalized spacial score (nSPS) is 28.6. The summed E-state index contributed by atoms with van der Waals surface area (Å²) in [5.74, 6) is -0.488. The average molecular weight is 363 g/mol. The second-order valence-corrected chi connectivity index (χ2v) is 5.84. The van der Waals surface area contributed by atoms with Crippen molar-refractivity contribution in [1.29, 1.82) is 0 Å². The molecule has 0 aromatic carbocycles. The van der Waals surface area contributed by atoms with Crippen LogP contribution in [0.25, 0.3) is 0 Å². The molecule has 0 radical (unpaired) electrons. The van der Waals surface area contributed by atoms with Crippen molar-refractivity contribution in [3.05, 3.63) is 32.6 Å². The zero-order valence-electron chi connectivity index (χ0n) is 11.4. The molecule has 0 aliphatic carbocycles. The topological polar surface area (TPSA) is 111 Å². The van der Waals surface area contributed by atoms with Crippen LogP contribution < -0.4 is 11.2 Å². The van der Waals surface area contributed by atoms with Gasteiger partial charge in [-0.1, -0.05) is 15.9 Å². The molecule has 1 aromatic heterocycles. The minimum Gasteiger partial charge on any atom is -0.463 e. The Morgan fingerprint density at radius 2 is 2.24 bits per heavy atom. The Morgan fingerprint density at radius 1 is 1.57 bits per heavy atom. The monoisotopic (exact) mass is 362 g/mol. The number of aromatic nitrogens is 2. The third-order valence-corrected chi connectivity index (χ3v) is 4.16. The molecule has 116 valence electrons. The number of H-pyrrole nitrogens is 1. The molecule has 4 atom stereocenters. The summed E-state index contributed by atoms with van der Waals surface area (Å²) < 4.78 is 11.6. The SMILES string of the molecule is CC(=O)OC[C@H]1O[C@@H](n2cc(C)c(=O)[nH]c2=O)[C@H](Br)[C@@H]1O. The fourth-order valence-corrected chi connectivity index (χ4v) is 2.76. The summed E-state index contributed by atoms with van der Waals surface area (Å²) in [4.78, 5) is 35.6.